The third-order valence-corrected chi connectivity index (χ3v) is 5.30. The summed E-state index contributed by atoms with van der Waals surface area (Å²) in [6.45, 7) is 0. The standard InChI is InChI=1S/C18H15N3O3S2/c1-26(23,24)15-6-4-14(5-7-15)16(11-13-3-2-8-19-12-13)17(22)21-18-20-9-10-25-18/h2-12H,1H3,(H,20,21,22)/b16-11-. The minimum absolute atomic E-state index is 0.197. The molecule has 6 nitrogen and oxygen atoms in total. The summed E-state index contributed by atoms with van der Waals surface area (Å²) in [4.78, 5) is 21.0. The number of carbonyl (C=O) groups excluding carboxylic acids is 1. The Kier molecular flexibility index (Phi) is 5.24. The summed E-state index contributed by atoms with van der Waals surface area (Å²) >= 11 is 1.31. The lowest BCUT2D eigenvalue weighted by molar-refractivity contribution is -0.111. The van der Waals surface area contributed by atoms with E-state index in [-0.39, 0.29) is 10.8 Å². The maximum Gasteiger partial charge on any atom is 0.258 e. The van der Waals surface area contributed by atoms with Gasteiger partial charge in [-0.25, -0.2) is 13.4 Å². The molecule has 0 saturated heterocycles. The Bertz CT molecular complexity index is 1030. The number of nitrogens with zero attached hydrogens (tertiary/aromatic N) is 2. The van der Waals surface area contributed by atoms with Gasteiger partial charge in [0.1, 0.15) is 0 Å². The number of hydrogen-bond donors (Lipinski definition) is 1. The number of nitrogens with one attached hydrogen (secondary N) is 1. The average molecular weight is 385 g/mol. The first-order chi connectivity index (χ1) is 12.4. The van der Waals surface area contributed by atoms with Gasteiger partial charge in [0.05, 0.1) is 4.90 Å². The molecular formula is C18H15N3O3S2. The van der Waals surface area contributed by atoms with Crippen LogP contribution in [0.2, 0.25) is 0 Å². The number of amides is 1. The van der Waals surface area contributed by atoms with E-state index in [0.29, 0.717) is 16.3 Å². The van der Waals surface area contributed by atoms with E-state index in [4.69, 9.17) is 0 Å². The second-order valence-corrected chi connectivity index (χ2v) is 8.34. The molecule has 1 N–H and O–H groups in total. The van der Waals surface area contributed by atoms with Gasteiger partial charge >= 0.3 is 0 Å². The fraction of sp³-hybridized carbons (Fsp3) is 0.0556. The van der Waals surface area contributed by atoms with Crippen molar-refractivity contribution in [3.05, 3.63) is 71.5 Å². The van der Waals surface area contributed by atoms with Crippen molar-refractivity contribution in [2.75, 3.05) is 11.6 Å². The van der Waals surface area contributed by atoms with Crippen LogP contribution in [0.4, 0.5) is 5.13 Å². The molecule has 2 heterocycles. The number of aromatic nitrogens is 2. The number of thiazole rings is 1. The Labute approximate surface area is 155 Å². The molecule has 0 aliphatic carbocycles. The van der Waals surface area contributed by atoms with Crippen LogP contribution in [0.15, 0.2) is 65.3 Å². The van der Waals surface area contributed by atoms with Gasteiger partial charge in [-0.2, -0.15) is 0 Å². The van der Waals surface area contributed by atoms with Crippen LogP contribution in [0.1, 0.15) is 11.1 Å². The lowest BCUT2D eigenvalue weighted by Gasteiger charge is -2.09. The van der Waals surface area contributed by atoms with E-state index >= 15 is 0 Å². The fourth-order valence-corrected chi connectivity index (χ4v) is 3.39. The molecular weight excluding hydrogens is 370 g/mol. The molecule has 0 aliphatic heterocycles. The average Bonchev–Trinajstić information content (AvgIpc) is 3.13. The molecule has 2 aromatic heterocycles. The van der Waals surface area contributed by atoms with Gasteiger partial charge in [-0.15, -0.1) is 11.3 Å². The predicted octanol–water partition coefficient (Wildman–Crippen LogP) is 3.12. The molecule has 0 radical (unpaired) electrons. The Balaban J connectivity index is 2.00. The zero-order valence-corrected chi connectivity index (χ0v) is 15.4. The third kappa shape index (κ3) is 4.41. The highest BCUT2D eigenvalue weighted by molar-refractivity contribution is 7.90. The van der Waals surface area contributed by atoms with Gasteiger partial charge in [-0.05, 0) is 35.4 Å². The summed E-state index contributed by atoms with van der Waals surface area (Å²) in [5.41, 5.74) is 1.73. The Morgan fingerprint density at radius 1 is 1.15 bits per heavy atom. The normalized spacial score (nSPS) is 12.0. The summed E-state index contributed by atoms with van der Waals surface area (Å²) in [7, 11) is -3.30. The van der Waals surface area contributed by atoms with E-state index in [0.717, 1.165) is 11.8 Å². The van der Waals surface area contributed by atoms with Crippen molar-refractivity contribution in [2.24, 2.45) is 0 Å². The molecule has 0 unspecified atom stereocenters. The molecule has 8 heteroatoms. The Hall–Kier alpha value is -2.84. The van der Waals surface area contributed by atoms with E-state index < -0.39 is 9.84 Å². The summed E-state index contributed by atoms with van der Waals surface area (Å²) in [5.74, 6) is -0.337. The lowest BCUT2D eigenvalue weighted by atomic mass is 10.0. The van der Waals surface area contributed by atoms with Crippen molar-refractivity contribution in [1.29, 1.82) is 0 Å². The molecule has 0 saturated carbocycles. The summed E-state index contributed by atoms with van der Waals surface area (Å²) in [5, 5.41) is 5.00. The van der Waals surface area contributed by atoms with Crippen LogP contribution in [0.25, 0.3) is 11.6 Å². The summed E-state index contributed by atoms with van der Waals surface area (Å²) < 4.78 is 23.3. The van der Waals surface area contributed by atoms with Crippen LogP contribution < -0.4 is 5.32 Å². The van der Waals surface area contributed by atoms with Gasteiger partial charge in [-0.3, -0.25) is 15.1 Å². The molecule has 1 amide bonds. The highest BCUT2D eigenvalue weighted by Gasteiger charge is 2.15. The first-order valence-corrected chi connectivity index (χ1v) is 10.3. The van der Waals surface area contributed by atoms with Crippen LogP contribution in [0, 0.1) is 0 Å². The van der Waals surface area contributed by atoms with E-state index in [2.05, 4.69) is 15.3 Å². The molecule has 1 aromatic carbocycles. The smallest absolute Gasteiger partial charge is 0.258 e. The second-order valence-electron chi connectivity index (χ2n) is 5.43. The highest BCUT2D eigenvalue weighted by Crippen LogP contribution is 2.23. The van der Waals surface area contributed by atoms with Crippen LogP contribution >= 0.6 is 11.3 Å². The molecule has 3 aromatic rings. The molecule has 0 fully saturated rings. The van der Waals surface area contributed by atoms with Crippen LogP contribution in [-0.2, 0) is 14.6 Å². The molecule has 0 aliphatic rings. The van der Waals surface area contributed by atoms with Crippen LogP contribution in [0.3, 0.4) is 0 Å². The van der Waals surface area contributed by atoms with Crippen LogP contribution in [-0.4, -0.2) is 30.5 Å². The number of pyridine rings is 1. The van der Waals surface area contributed by atoms with Crippen molar-refractivity contribution in [3.63, 3.8) is 0 Å². The summed E-state index contributed by atoms with van der Waals surface area (Å²) in [6.07, 6.45) is 7.73. The van der Waals surface area contributed by atoms with Crippen molar-refractivity contribution in [3.8, 4) is 0 Å². The number of benzene rings is 1. The highest BCUT2D eigenvalue weighted by atomic mass is 32.2. The molecule has 26 heavy (non-hydrogen) atoms. The van der Waals surface area contributed by atoms with Gasteiger partial charge in [0.15, 0.2) is 15.0 Å². The SMILES string of the molecule is CS(=O)(=O)c1ccc(/C(=C/c2cccnc2)C(=O)Nc2nccs2)cc1. The van der Waals surface area contributed by atoms with Gasteiger partial charge < -0.3 is 0 Å². The first-order valence-electron chi connectivity index (χ1n) is 7.56. The zero-order valence-electron chi connectivity index (χ0n) is 13.8. The van der Waals surface area contributed by atoms with Crippen molar-refractivity contribution in [1.82, 2.24) is 9.97 Å². The molecule has 0 atom stereocenters. The first kappa shape index (κ1) is 18.0. The van der Waals surface area contributed by atoms with Gasteiger partial charge in [0.2, 0.25) is 0 Å². The molecule has 132 valence electrons. The van der Waals surface area contributed by atoms with E-state index in [9.17, 15) is 13.2 Å². The quantitative estimate of drug-likeness (QED) is 0.682. The molecule has 0 spiro atoms. The van der Waals surface area contributed by atoms with Gasteiger partial charge in [0, 0.05) is 35.8 Å². The van der Waals surface area contributed by atoms with E-state index in [1.807, 2.05) is 6.07 Å². The second kappa shape index (κ2) is 7.59. The van der Waals surface area contributed by atoms with Crippen LogP contribution in [0.5, 0.6) is 0 Å². The number of rotatable bonds is 5. The topological polar surface area (TPSA) is 89.0 Å². The van der Waals surface area contributed by atoms with Gasteiger partial charge in [0.25, 0.3) is 5.91 Å². The minimum Gasteiger partial charge on any atom is -0.298 e. The minimum atomic E-state index is -3.30. The Morgan fingerprint density at radius 3 is 2.50 bits per heavy atom. The molecule has 0 bridgehead atoms. The van der Waals surface area contributed by atoms with Crippen molar-refractivity contribution >= 4 is 43.9 Å². The molecule has 3 rings (SSSR count). The van der Waals surface area contributed by atoms with Crippen molar-refractivity contribution < 1.29 is 13.2 Å². The number of carbonyl (C=O) groups is 1. The predicted molar refractivity (Wildman–Crippen MR) is 102 cm³/mol. The number of sulfone groups is 1. The maximum atomic E-state index is 12.7. The maximum absolute atomic E-state index is 12.7. The lowest BCUT2D eigenvalue weighted by Crippen LogP contribution is -2.13. The largest absolute Gasteiger partial charge is 0.298 e. The van der Waals surface area contributed by atoms with Gasteiger partial charge in [-0.1, -0.05) is 18.2 Å². The van der Waals surface area contributed by atoms with Crippen molar-refractivity contribution in [2.45, 2.75) is 4.90 Å². The third-order valence-electron chi connectivity index (χ3n) is 3.49. The monoisotopic (exact) mass is 385 g/mol. The fourth-order valence-electron chi connectivity index (χ4n) is 2.24. The van der Waals surface area contributed by atoms with E-state index in [1.54, 1.807) is 48.2 Å². The number of hydrogen-bond acceptors (Lipinski definition) is 6. The number of anilines is 1. The van der Waals surface area contributed by atoms with E-state index in [1.165, 1.54) is 23.5 Å². The summed E-state index contributed by atoms with van der Waals surface area (Å²) in [6, 6.07) is 9.79. The Morgan fingerprint density at radius 2 is 1.92 bits per heavy atom. The zero-order chi connectivity index (χ0) is 18.6.